The molecule has 1 unspecified atom stereocenters. The lowest BCUT2D eigenvalue weighted by atomic mass is 10.0. The molecule has 0 aromatic heterocycles. The molecule has 1 fully saturated rings. The zero-order chi connectivity index (χ0) is 15.8. The van der Waals surface area contributed by atoms with Crippen molar-refractivity contribution in [2.45, 2.75) is 45.1 Å². The lowest BCUT2D eigenvalue weighted by molar-refractivity contribution is -0.120. The van der Waals surface area contributed by atoms with Gasteiger partial charge in [0.2, 0.25) is 11.8 Å². The molecule has 5 nitrogen and oxygen atoms in total. The molecule has 0 spiro atoms. The van der Waals surface area contributed by atoms with Crippen LogP contribution >= 0.6 is 0 Å². The van der Waals surface area contributed by atoms with Crippen molar-refractivity contribution in [2.24, 2.45) is 0 Å². The van der Waals surface area contributed by atoms with Crippen LogP contribution in [0.25, 0.3) is 0 Å². The van der Waals surface area contributed by atoms with Crippen molar-refractivity contribution >= 4 is 17.5 Å². The van der Waals surface area contributed by atoms with Crippen LogP contribution in [0, 0.1) is 0 Å². The predicted octanol–water partition coefficient (Wildman–Crippen LogP) is 2.78. The molecule has 0 aliphatic carbocycles. The Labute approximate surface area is 131 Å². The summed E-state index contributed by atoms with van der Waals surface area (Å²) in [7, 11) is 0. The Bertz CT molecular complexity index is 516. The first kappa shape index (κ1) is 16.5. The summed E-state index contributed by atoms with van der Waals surface area (Å²) in [5, 5.41) is 5.81. The van der Waals surface area contributed by atoms with Crippen molar-refractivity contribution in [3.8, 4) is 0 Å². The summed E-state index contributed by atoms with van der Waals surface area (Å²) in [5.74, 6) is -0.0985. The average molecular weight is 304 g/mol. The van der Waals surface area contributed by atoms with E-state index in [1.165, 1.54) is 0 Å². The highest BCUT2D eigenvalue weighted by molar-refractivity contribution is 5.92. The highest BCUT2D eigenvalue weighted by atomic mass is 16.5. The molecule has 1 aliphatic rings. The topological polar surface area (TPSA) is 67.4 Å². The van der Waals surface area contributed by atoms with Crippen LogP contribution in [-0.2, 0) is 14.3 Å². The molecule has 120 valence electrons. The number of hydrogen-bond acceptors (Lipinski definition) is 3. The summed E-state index contributed by atoms with van der Waals surface area (Å²) in [5.41, 5.74) is 1.70. The van der Waals surface area contributed by atoms with Crippen LogP contribution in [0.5, 0.6) is 0 Å². The van der Waals surface area contributed by atoms with Gasteiger partial charge in [-0.3, -0.25) is 9.59 Å². The van der Waals surface area contributed by atoms with Crippen molar-refractivity contribution in [1.29, 1.82) is 0 Å². The van der Waals surface area contributed by atoms with Gasteiger partial charge < -0.3 is 15.4 Å². The fraction of sp³-hybridized carbons (Fsp3) is 0.529. The second kappa shape index (κ2) is 8.54. The molecule has 1 saturated heterocycles. The quantitative estimate of drug-likeness (QED) is 0.726. The van der Waals surface area contributed by atoms with Crippen molar-refractivity contribution in [3.05, 3.63) is 29.8 Å². The normalized spacial score (nSPS) is 17.3. The molecule has 1 aliphatic heterocycles. The molecule has 22 heavy (non-hydrogen) atoms. The number of ether oxygens (including phenoxy) is 1. The SMILES string of the molecule is CCCCCOCC(=O)Nc1ccccc1C1CCC(=O)N1. The maximum absolute atomic E-state index is 12.0. The van der Waals surface area contributed by atoms with Crippen molar-refractivity contribution in [3.63, 3.8) is 0 Å². The number of nitrogens with one attached hydrogen (secondary N) is 2. The molecule has 2 rings (SSSR count). The summed E-state index contributed by atoms with van der Waals surface area (Å²) in [4.78, 5) is 23.3. The molecule has 2 amide bonds. The van der Waals surface area contributed by atoms with E-state index in [-0.39, 0.29) is 24.5 Å². The van der Waals surface area contributed by atoms with E-state index < -0.39 is 0 Å². The highest BCUT2D eigenvalue weighted by Gasteiger charge is 2.24. The van der Waals surface area contributed by atoms with Gasteiger partial charge in [0.15, 0.2) is 0 Å². The fourth-order valence-electron chi connectivity index (χ4n) is 2.57. The zero-order valence-electron chi connectivity index (χ0n) is 13.1. The summed E-state index contributed by atoms with van der Waals surface area (Å²) in [6.45, 7) is 2.81. The number of carbonyl (C=O) groups is 2. The Balaban J connectivity index is 1.87. The van der Waals surface area contributed by atoms with Gasteiger partial charge in [0.25, 0.3) is 0 Å². The van der Waals surface area contributed by atoms with Gasteiger partial charge >= 0.3 is 0 Å². The number of unbranched alkanes of at least 4 members (excludes halogenated alkanes) is 2. The minimum atomic E-state index is -0.159. The Morgan fingerprint density at radius 3 is 2.91 bits per heavy atom. The number of carbonyl (C=O) groups excluding carboxylic acids is 2. The number of rotatable bonds is 8. The Hall–Kier alpha value is -1.88. The van der Waals surface area contributed by atoms with Crippen LogP contribution in [0.4, 0.5) is 5.69 Å². The Kier molecular flexibility index (Phi) is 6.40. The van der Waals surface area contributed by atoms with Crippen molar-refractivity contribution < 1.29 is 14.3 Å². The summed E-state index contributed by atoms with van der Waals surface area (Å²) >= 11 is 0. The first-order chi connectivity index (χ1) is 10.7. The van der Waals surface area contributed by atoms with Gasteiger partial charge in [0, 0.05) is 18.7 Å². The monoisotopic (exact) mass is 304 g/mol. The van der Waals surface area contributed by atoms with Crippen LogP contribution in [0.1, 0.15) is 50.6 Å². The first-order valence-corrected chi connectivity index (χ1v) is 7.96. The van der Waals surface area contributed by atoms with Crippen LogP contribution in [0.2, 0.25) is 0 Å². The average Bonchev–Trinajstić information content (AvgIpc) is 2.94. The molecule has 1 heterocycles. The minimum Gasteiger partial charge on any atom is -0.372 e. The number of para-hydroxylation sites is 1. The lowest BCUT2D eigenvalue weighted by Crippen LogP contribution is -2.22. The smallest absolute Gasteiger partial charge is 0.250 e. The van der Waals surface area contributed by atoms with E-state index in [0.29, 0.717) is 13.0 Å². The number of benzene rings is 1. The standard InChI is InChI=1S/C17H24N2O3/c1-2-3-6-11-22-12-17(21)19-14-8-5-4-7-13(14)15-9-10-16(20)18-15/h4-5,7-8,15H,2-3,6,9-12H2,1H3,(H,18,20)(H,19,21). The summed E-state index contributed by atoms with van der Waals surface area (Å²) in [6.07, 6.45) is 4.53. The molecule has 1 atom stereocenters. The van der Waals surface area contributed by atoms with Gasteiger partial charge in [-0.05, 0) is 24.5 Å². The Morgan fingerprint density at radius 2 is 2.18 bits per heavy atom. The molecule has 0 radical (unpaired) electrons. The molecular formula is C17H24N2O3. The fourth-order valence-corrected chi connectivity index (χ4v) is 2.57. The van der Waals surface area contributed by atoms with Crippen molar-refractivity contribution in [1.82, 2.24) is 5.32 Å². The second-order valence-electron chi connectivity index (χ2n) is 5.55. The minimum absolute atomic E-state index is 0.0190. The van der Waals surface area contributed by atoms with E-state index in [1.807, 2.05) is 24.3 Å². The number of anilines is 1. The molecule has 0 saturated carbocycles. The van der Waals surface area contributed by atoms with E-state index in [9.17, 15) is 9.59 Å². The van der Waals surface area contributed by atoms with Gasteiger partial charge in [-0.25, -0.2) is 0 Å². The first-order valence-electron chi connectivity index (χ1n) is 7.96. The molecule has 2 N–H and O–H groups in total. The van der Waals surface area contributed by atoms with Crippen LogP contribution in [0.15, 0.2) is 24.3 Å². The Morgan fingerprint density at radius 1 is 1.36 bits per heavy atom. The maximum Gasteiger partial charge on any atom is 0.250 e. The van der Waals surface area contributed by atoms with Gasteiger partial charge in [0.1, 0.15) is 6.61 Å². The molecule has 1 aromatic carbocycles. The largest absolute Gasteiger partial charge is 0.372 e. The molecule has 0 bridgehead atoms. The third-order valence-electron chi connectivity index (χ3n) is 3.73. The van der Waals surface area contributed by atoms with Crippen LogP contribution in [-0.4, -0.2) is 25.0 Å². The third-order valence-corrected chi connectivity index (χ3v) is 3.73. The zero-order valence-corrected chi connectivity index (χ0v) is 13.1. The third kappa shape index (κ3) is 4.84. The number of hydrogen-bond donors (Lipinski definition) is 2. The second-order valence-corrected chi connectivity index (χ2v) is 5.55. The number of amides is 2. The molecule has 1 aromatic rings. The van der Waals surface area contributed by atoms with Crippen molar-refractivity contribution in [2.75, 3.05) is 18.5 Å². The van der Waals surface area contributed by atoms with Gasteiger partial charge in [-0.15, -0.1) is 0 Å². The van der Waals surface area contributed by atoms with Gasteiger partial charge in [0.05, 0.1) is 6.04 Å². The van der Waals surface area contributed by atoms with E-state index in [4.69, 9.17) is 4.74 Å². The van der Waals surface area contributed by atoms with Crippen LogP contribution < -0.4 is 10.6 Å². The highest BCUT2D eigenvalue weighted by Crippen LogP contribution is 2.29. The summed E-state index contributed by atoms with van der Waals surface area (Å²) in [6, 6.07) is 7.56. The van der Waals surface area contributed by atoms with Crippen LogP contribution in [0.3, 0.4) is 0 Å². The predicted molar refractivity (Wildman–Crippen MR) is 85.5 cm³/mol. The van der Waals surface area contributed by atoms with Gasteiger partial charge in [-0.2, -0.15) is 0 Å². The summed E-state index contributed by atoms with van der Waals surface area (Å²) < 4.78 is 5.37. The van der Waals surface area contributed by atoms with E-state index in [1.54, 1.807) is 0 Å². The molecule has 5 heteroatoms. The maximum atomic E-state index is 12.0. The van der Waals surface area contributed by atoms with E-state index in [0.717, 1.165) is 36.9 Å². The van der Waals surface area contributed by atoms with E-state index in [2.05, 4.69) is 17.6 Å². The van der Waals surface area contributed by atoms with E-state index >= 15 is 0 Å². The van der Waals surface area contributed by atoms with Gasteiger partial charge in [-0.1, -0.05) is 38.0 Å². The lowest BCUT2D eigenvalue weighted by Gasteiger charge is -2.16. The molecular weight excluding hydrogens is 280 g/mol.